The van der Waals surface area contributed by atoms with Crippen LogP contribution in [-0.4, -0.2) is 67.0 Å². The lowest BCUT2D eigenvalue weighted by molar-refractivity contribution is -0.205. The van der Waals surface area contributed by atoms with Gasteiger partial charge in [-0.15, -0.1) is 0 Å². The summed E-state index contributed by atoms with van der Waals surface area (Å²) >= 11 is 0. The molecule has 5 nitrogen and oxygen atoms in total. The second kappa shape index (κ2) is 11.4. The molecule has 0 aromatic heterocycles. The molecule has 0 bridgehead atoms. The molecule has 4 rings (SSSR count). The first-order valence-electron chi connectivity index (χ1n) is 13.3. The highest BCUT2D eigenvalue weighted by atomic mass is 19.4. The van der Waals surface area contributed by atoms with Crippen molar-refractivity contribution in [2.24, 2.45) is 29.4 Å². The smallest absolute Gasteiger partial charge is 0.422 e. The van der Waals surface area contributed by atoms with Crippen LogP contribution in [0.1, 0.15) is 58.3 Å². The Morgan fingerprint density at radius 3 is 2.38 bits per heavy atom. The average Bonchev–Trinajstić information content (AvgIpc) is 3.55. The highest BCUT2D eigenvalue weighted by molar-refractivity contribution is 5.28. The van der Waals surface area contributed by atoms with Gasteiger partial charge in [0.05, 0.1) is 17.8 Å². The van der Waals surface area contributed by atoms with E-state index in [1.165, 1.54) is 18.4 Å². The van der Waals surface area contributed by atoms with Crippen molar-refractivity contribution in [3.63, 3.8) is 0 Å². The molecule has 4 aliphatic rings. The fraction of sp³-hybridized carbons (Fsp3) is 0.846. The lowest BCUT2D eigenvalue weighted by Gasteiger charge is -2.41. The molecule has 6 unspecified atom stereocenters. The average molecular weight is 541 g/mol. The van der Waals surface area contributed by atoms with E-state index in [-0.39, 0.29) is 37.2 Å². The second-order valence-electron chi connectivity index (χ2n) is 11.2. The molecule has 2 fully saturated rings. The predicted octanol–water partition coefficient (Wildman–Crippen LogP) is 5.30. The second-order valence-corrected chi connectivity index (χ2v) is 11.2. The number of aliphatic hydroxyl groups is 1. The summed E-state index contributed by atoms with van der Waals surface area (Å²) in [5.41, 5.74) is 7.45. The summed E-state index contributed by atoms with van der Waals surface area (Å²) in [6.07, 6.45) is -3.10. The van der Waals surface area contributed by atoms with E-state index in [4.69, 9.17) is 15.2 Å². The quantitative estimate of drug-likeness (QED) is 0.291. The zero-order valence-corrected chi connectivity index (χ0v) is 21.2. The summed E-state index contributed by atoms with van der Waals surface area (Å²) in [6.45, 7) is -0.448. The number of fused-ring (bicyclic) bond motifs is 1. The van der Waals surface area contributed by atoms with E-state index in [9.17, 15) is 31.4 Å². The van der Waals surface area contributed by atoms with Crippen LogP contribution >= 0.6 is 0 Å². The van der Waals surface area contributed by atoms with Gasteiger partial charge in [-0.2, -0.15) is 26.3 Å². The fourth-order valence-corrected chi connectivity index (χ4v) is 6.39. The normalized spacial score (nSPS) is 33.5. The number of nitrogens with two attached hydrogens (primary N) is 1. The lowest BCUT2D eigenvalue weighted by Crippen LogP contribution is -2.49. The van der Waals surface area contributed by atoms with Crippen LogP contribution in [0.4, 0.5) is 26.3 Å². The number of halogens is 6. The minimum absolute atomic E-state index is 0.0245. The maximum atomic E-state index is 13.1. The number of allylic oxidation sites excluding steroid dienone is 2. The molecule has 0 amide bonds. The van der Waals surface area contributed by atoms with Gasteiger partial charge in [-0.25, -0.2) is 0 Å². The van der Waals surface area contributed by atoms with Crippen LogP contribution in [0.15, 0.2) is 23.0 Å². The van der Waals surface area contributed by atoms with E-state index in [0.717, 1.165) is 18.8 Å². The third kappa shape index (κ3) is 7.42. The molecule has 212 valence electrons. The third-order valence-corrected chi connectivity index (χ3v) is 8.23. The van der Waals surface area contributed by atoms with E-state index in [1.54, 1.807) is 0 Å². The number of likely N-dealkylation sites (tertiary alicyclic amines) is 1. The van der Waals surface area contributed by atoms with Gasteiger partial charge in [0.1, 0.15) is 12.8 Å². The van der Waals surface area contributed by atoms with Crippen LogP contribution in [0.3, 0.4) is 0 Å². The highest BCUT2D eigenvalue weighted by Gasteiger charge is 2.52. The van der Waals surface area contributed by atoms with Crippen LogP contribution in [-0.2, 0) is 9.47 Å². The predicted molar refractivity (Wildman–Crippen MR) is 125 cm³/mol. The standard InChI is InChI=1S/C26H38F6N2O3/c1-15-9-17(10-16-4-5-16)6-7-20(15)34-12-19-21(36-13-25(27,28)29)11-18(3-2-8-33)23(22(19)24(34)35)37-14-26(30,31)32/h6,15-16,18,20,22-24,35H,2-5,7-14,33H2,1H3. The Morgan fingerprint density at radius 2 is 1.78 bits per heavy atom. The topological polar surface area (TPSA) is 68.0 Å². The van der Waals surface area contributed by atoms with Crippen molar-refractivity contribution in [3.05, 3.63) is 23.0 Å². The van der Waals surface area contributed by atoms with Gasteiger partial charge in [0.25, 0.3) is 0 Å². The molecule has 11 heteroatoms. The number of nitrogens with zero attached hydrogens (tertiary/aromatic N) is 1. The molecular formula is C26H38F6N2O3. The zero-order chi connectivity index (χ0) is 27.0. The maximum absolute atomic E-state index is 13.1. The molecule has 1 heterocycles. The van der Waals surface area contributed by atoms with E-state index in [0.29, 0.717) is 24.8 Å². The van der Waals surface area contributed by atoms with Crippen molar-refractivity contribution in [1.82, 2.24) is 4.90 Å². The molecule has 3 N–H and O–H groups in total. The Kier molecular flexibility index (Phi) is 8.87. The van der Waals surface area contributed by atoms with Crippen molar-refractivity contribution in [2.75, 3.05) is 26.3 Å². The molecule has 1 aliphatic heterocycles. The van der Waals surface area contributed by atoms with Gasteiger partial charge in [0.15, 0.2) is 6.61 Å². The van der Waals surface area contributed by atoms with Crippen molar-refractivity contribution < 1.29 is 40.9 Å². The molecule has 6 atom stereocenters. The first-order chi connectivity index (χ1) is 17.4. The minimum Gasteiger partial charge on any atom is -0.488 e. The van der Waals surface area contributed by atoms with E-state index < -0.39 is 49.7 Å². The van der Waals surface area contributed by atoms with Crippen LogP contribution < -0.4 is 5.73 Å². The van der Waals surface area contributed by atoms with Crippen LogP contribution in [0.5, 0.6) is 0 Å². The van der Waals surface area contributed by atoms with Gasteiger partial charge in [-0.3, -0.25) is 4.90 Å². The van der Waals surface area contributed by atoms with Gasteiger partial charge >= 0.3 is 12.4 Å². The van der Waals surface area contributed by atoms with Crippen molar-refractivity contribution in [3.8, 4) is 0 Å². The Balaban J connectivity index is 1.60. The molecule has 3 aliphatic carbocycles. The molecular weight excluding hydrogens is 502 g/mol. The summed E-state index contributed by atoms with van der Waals surface area (Å²) in [4.78, 5) is 1.83. The van der Waals surface area contributed by atoms with Crippen LogP contribution in [0.2, 0.25) is 0 Å². The first kappa shape index (κ1) is 28.7. The number of alkyl halides is 6. The van der Waals surface area contributed by atoms with Crippen LogP contribution in [0, 0.1) is 23.7 Å². The highest BCUT2D eigenvalue weighted by Crippen LogP contribution is 2.48. The number of rotatable bonds is 10. The van der Waals surface area contributed by atoms with Crippen molar-refractivity contribution in [1.29, 1.82) is 0 Å². The molecule has 0 spiro atoms. The Hall–Kier alpha value is -1.30. The van der Waals surface area contributed by atoms with Crippen molar-refractivity contribution in [2.45, 2.75) is 89.0 Å². The van der Waals surface area contributed by atoms with Gasteiger partial charge < -0.3 is 20.3 Å². The first-order valence-corrected chi connectivity index (χ1v) is 13.3. The Morgan fingerprint density at radius 1 is 1.08 bits per heavy atom. The summed E-state index contributed by atoms with van der Waals surface area (Å²) in [7, 11) is 0. The summed E-state index contributed by atoms with van der Waals surface area (Å²) in [6, 6.07) is -0.0781. The zero-order valence-electron chi connectivity index (χ0n) is 21.2. The Labute approximate surface area is 214 Å². The van der Waals surface area contributed by atoms with Gasteiger partial charge in [0, 0.05) is 19.0 Å². The molecule has 37 heavy (non-hydrogen) atoms. The maximum Gasteiger partial charge on any atom is 0.422 e. The largest absolute Gasteiger partial charge is 0.488 e. The van der Waals surface area contributed by atoms with E-state index in [1.807, 2.05) is 4.90 Å². The molecule has 1 saturated heterocycles. The molecule has 0 aromatic carbocycles. The summed E-state index contributed by atoms with van der Waals surface area (Å²) < 4.78 is 89.1. The minimum atomic E-state index is -4.57. The SMILES string of the molecule is CC1CC(CC2CC2)=CCC1N1CC2=C(OCC(F)(F)F)CC(CCCN)C(OCC(F)(F)F)C2C1O. The number of hydrogen-bond donors (Lipinski definition) is 2. The van der Waals surface area contributed by atoms with Crippen LogP contribution in [0.25, 0.3) is 0 Å². The summed E-state index contributed by atoms with van der Waals surface area (Å²) in [5.74, 6) is -0.384. The van der Waals surface area contributed by atoms with Gasteiger partial charge in [0.2, 0.25) is 0 Å². The third-order valence-electron chi connectivity index (χ3n) is 8.23. The molecule has 0 radical (unpaired) electrons. The number of hydrogen-bond acceptors (Lipinski definition) is 5. The number of aliphatic hydroxyl groups excluding tert-OH is 1. The van der Waals surface area contributed by atoms with E-state index >= 15 is 0 Å². The molecule has 0 aromatic rings. The fourth-order valence-electron chi connectivity index (χ4n) is 6.39. The van der Waals surface area contributed by atoms with Gasteiger partial charge in [-0.05, 0) is 74.8 Å². The van der Waals surface area contributed by atoms with E-state index in [2.05, 4.69) is 13.0 Å². The molecule has 1 saturated carbocycles. The monoisotopic (exact) mass is 540 g/mol. The van der Waals surface area contributed by atoms with Crippen molar-refractivity contribution >= 4 is 0 Å². The summed E-state index contributed by atoms with van der Waals surface area (Å²) in [5, 5.41) is 11.5. The van der Waals surface area contributed by atoms with Gasteiger partial charge in [-0.1, -0.05) is 18.6 Å². The number of ether oxygens (including phenoxy) is 2. The Bertz CT molecular complexity index is 854. The lowest BCUT2D eigenvalue weighted by atomic mass is 9.76.